The third-order valence-corrected chi connectivity index (χ3v) is 5.27. The van der Waals surface area contributed by atoms with Gasteiger partial charge in [-0.2, -0.15) is 0 Å². The van der Waals surface area contributed by atoms with Crippen LogP contribution >= 0.6 is 12.2 Å². The Hall–Kier alpha value is -3.31. The SMILES string of the molecule is CC(C)(C)NC(=S)Nc1ccc2nc3c4ccccc4c4ccccc4c3nc2c1. The van der Waals surface area contributed by atoms with Gasteiger partial charge in [0.1, 0.15) is 0 Å². The molecule has 0 radical (unpaired) electrons. The van der Waals surface area contributed by atoms with E-state index in [-0.39, 0.29) is 5.54 Å². The van der Waals surface area contributed by atoms with Crippen LogP contribution in [-0.2, 0) is 0 Å². The molecule has 0 saturated carbocycles. The highest BCUT2D eigenvalue weighted by Crippen LogP contribution is 2.34. The molecule has 2 N–H and O–H groups in total. The number of nitrogens with one attached hydrogen (secondary N) is 2. The Labute approximate surface area is 180 Å². The van der Waals surface area contributed by atoms with Gasteiger partial charge in [0.05, 0.1) is 22.1 Å². The molecule has 0 aliphatic heterocycles. The number of nitrogens with zero attached hydrogens (tertiary/aromatic N) is 2. The highest BCUT2D eigenvalue weighted by Gasteiger charge is 2.13. The van der Waals surface area contributed by atoms with E-state index in [2.05, 4.69) is 79.9 Å². The van der Waals surface area contributed by atoms with Gasteiger partial charge in [0.25, 0.3) is 0 Å². The van der Waals surface area contributed by atoms with E-state index in [1.807, 2.05) is 18.2 Å². The lowest BCUT2D eigenvalue weighted by atomic mass is 9.99. The van der Waals surface area contributed by atoms with E-state index in [0.29, 0.717) is 5.11 Å². The first-order valence-electron chi connectivity index (χ1n) is 9.99. The maximum Gasteiger partial charge on any atom is 0.171 e. The summed E-state index contributed by atoms with van der Waals surface area (Å²) in [7, 11) is 0. The topological polar surface area (TPSA) is 49.8 Å². The molecule has 0 aliphatic carbocycles. The smallest absolute Gasteiger partial charge is 0.171 e. The van der Waals surface area contributed by atoms with Crippen molar-refractivity contribution < 1.29 is 0 Å². The van der Waals surface area contributed by atoms with Gasteiger partial charge in [-0.15, -0.1) is 0 Å². The van der Waals surface area contributed by atoms with Gasteiger partial charge in [-0.3, -0.25) is 0 Å². The Kier molecular flexibility index (Phi) is 4.29. The predicted molar refractivity (Wildman–Crippen MR) is 131 cm³/mol. The van der Waals surface area contributed by atoms with E-state index >= 15 is 0 Å². The molecule has 30 heavy (non-hydrogen) atoms. The van der Waals surface area contributed by atoms with Crippen LogP contribution in [0.5, 0.6) is 0 Å². The minimum absolute atomic E-state index is 0.100. The van der Waals surface area contributed by atoms with Crippen LogP contribution in [0, 0.1) is 0 Å². The molecule has 0 unspecified atom stereocenters. The Morgan fingerprint density at radius 2 is 1.27 bits per heavy atom. The number of hydrogen-bond acceptors (Lipinski definition) is 3. The zero-order chi connectivity index (χ0) is 20.9. The van der Waals surface area contributed by atoms with Crippen molar-refractivity contribution in [2.45, 2.75) is 26.3 Å². The van der Waals surface area contributed by atoms with Gasteiger partial charge in [-0.05, 0) is 62.0 Å². The molecule has 1 heterocycles. The van der Waals surface area contributed by atoms with E-state index in [1.54, 1.807) is 0 Å². The first kappa shape index (κ1) is 18.7. The predicted octanol–water partition coefficient (Wildman–Crippen LogP) is 6.17. The molecule has 0 bridgehead atoms. The number of rotatable bonds is 1. The Morgan fingerprint density at radius 1 is 0.733 bits per heavy atom. The van der Waals surface area contributed by atoms with E-state index in [0.717, 1.165) is 38.5 Å². The monoisotopic (exact) mass is 410 g/mol. The van der Waals surface area contributed by atoms with Gasteiger partial charge in [-0.25, -0.2) is 9.97 Å². The lowest BCUT2D eigenvalue weighted by Gasteiger charge is -2.23. The van der Waals surface area contributed by atoms with Crippen LogP contribution < -0.4 is 10.6 Å². The van der Waals surface area contributed by atoms with Crippen LogP contribution in [-0.4, -0.2) is 20.6 Å². The highest BCUT2D eigenvalue weighted by atomic mass is 32.1. The van der Waals surface area contributed by atoms with Crippen molar-refractivity contribution in [2.24, 2.45) is 0 Å². The average molecular weight is 411 g/mol. The number of fused-ring (bicyclic) bond motifs is 7. The molecule has 5 aromatic rings. The molecule has 148 valence electrons. The molecule has 0 atom stereocenters. The van der Waals surface area contributed by atoms with Gasteiger partial charge < -0.3 is 10.6 Å². The fraction of sp³-hybridized carbons (Fsp3) is 0.160. The second-order valence-electron chi connectivity index (χ2n) is 8.54. The second kappa shape index (κ2) is 6.89. The van der Waals surface area contributed by atoms with Crippen LogP contribution in [0.25, 0.3) is 43.6 Å². The van der Waals surface area contributed by atoms with Crippen LogP contribution in [0.15, 0.2) is 66.7 Å². The molecule has 5 heteroatoms. The summed E-state index contributed by atoms with van der Waals surface area (Å²) in [4.78, 5) is 10.0. The van der Waals surface area contributed by atoms with E-state index in [4.69, 9.17) is 22.2 Å². The number of thiocarbonyl (C=S) groups is 1. The third kappa shape index (κ3) is 3.31. The van der Waals surface area contributed by atoms with Crippen LogP contribution in [0.2, 0.25) is 0 Å². The zero-order valence-corrected chi connectivity index (χ0v) is 18.0. The quantitative estimate of drug-likeness (QED) is 0.196. The van der Waals surface area contributed by atoms with Crippen molar-refractivity contribution >= 4 is 66.6 Å². The largest absolute Gasteiger partial charge is 0.358 e. The van der Waals surface area contributed by atoms with Crippen LogP contribution in [0.3, 0.4) is 0 Å². The molecule has 0 fully saturated rings. The van der Waals surface area contributed by atoms with Crippen molar-refractivity contribution in [3.8, 4) is 0 Å². The minimum atomic E-state index is -0.100. The van der Waals surface area contributed by atoms with Gasteiger partial charge >= 0.3 is 0 Å². The molecule has 5 rings (SSSR count). The molecule has 4 aromatic carbocycles. The highest BCUT2D eigenvalue weighted by molar-refractivity contribution is 7.80. The maximum atomic E-state index is 5.44. The third-order valence-electron chi connectivity index (χ3n) is 5.07. The Morgan fingerprint density at radius 3 is 1.83 bits per heavy atom. The summed E-state index contributed by atoms with van der Waals surface area (Å²) in [5, 5.41) is 11.8. The molecular weight excluding hydrogens is 388 g/mol. The summed E-state index contributed by atoms with van der Waals surface area (Å²) in [6.07, 6.45) is 0. The number of aromatic nitrogens is 2. The Bertz CT molecular complexity index is 1450. The molecule has 0 spiro atoms. The van der Waals surface area contributed by atoms with E-state index < -0.39 is 0 Å². The molecule has 0 saturated heterocycles. The van der Waals surface area contributed by atoms with Gasteiger partial charge in [0.2, 0.25) is 0 Å². The molecule has 0 amide bonds. The average Bonchev–Trinajstić information content (AvgIpc) is 2.71. The second-order valence-corrected chi connectivity index (χ2v) is 8.95. The van der Waals surface area contributed by atoms with Crippen molar-refractivity contribution in [3.05, 3.63) is 66.7 Å². The summed E-state index contributed by atoms with van der Waals surface area (Å²) in [5.74, 6) is 0. The summed E-state index contributed by atoms with van der Waals surface area (Å²) in [6, 6.07) is 22.8. The molecule has 0 aliphatic rings. The summed E-state index contributed by atoms with van der Waals surface area (Å²) in [5.41, 5.74) is 4.35. The van der Waals surface area contributed by atoms with E-state index in [9.17, 15) is 0 Å². The summed E-state index contributed by atoms with van der Waals surface area (Å²) < 4.78 is 0. The molecular formula is C25H22N4S. The van der Waals surface area contributed by atoms with Crippen molar-refractivity contribution in [1.82, 2.24) is 15.3 Å². The van der Waals surface area contributed by atoms with Crippen LogP contribution in [0.1, 0.15) is 20.8 Å². The van der Waals surface area contributed by atoms with Crippen LogP contribution in [0.4, 0.5) is 5.69 Å². The normalized spacial score (nSPS) is 12.0. The molecule has 4 nitrogen and oxygen atoms in total. The fourth-order valence-corrected chi connectivity index (χ4v) is 4.28. The minimum Gasteiger partial charge on any atom is -0.358 e. The van der Waals surface area contributed by atoms with E-state index in [1.165, 1.54) is 10.8 Å². The standard InChI is InChI=1S/C25H22N4S/c1-25(2,3)29-24(30)26-15-12-13-20-21(14-15)28-23-19-11-7-5-9-17(19)16-8-4-6-10-18(16)22(23)27-20/h4-14H,1-3H3,(H2,26,29,30). The number of anilines is 1. The maximum absolute atomic E-state index is 5.44. The number of benzene rings is 4. The van der Waals surface area contributed by atoms with Crippen molar-refractivity contribution in [2.75, 3.05) is 5.32 Å². The fourth-order valence-electron chi connectivity index (χ4n) is 3.86. The van der Waals surface area contributed by atoms with Gasteiger partial charge in [0.15, 0.2) is 5.11 Å². The first-order chi connectivity index (χ1) is 14.4. The summed E-state index contributed by atoms with van der Waals surface area (Å²) in [6.45, 7) is 6.23. The first-order valence-corrected chi connectivity index (χ1v) is 10.4. The summed E-state index contributed by atoms with van der Waals surface area (Å²) >= 11 is 5.44. The lowest BCUT2D eigenvalue weighted by Crippen LogP contribution is -2.42. The van der Waals surface area contributed by atoms with Gasteiger partial charge in [-0.1, -0.05) is 48.5 Å². The van der Waals surface area contributed by atoms with Gasteiger partial charge in [0, 0.05) is 22.0 Å². The molecule has 1 aromatic heterocycles. The van der Waals surface area contributed by atoms with Crippen molar-refractivity contribution in [1.29, 1.82) is 0 Å². The van der Waals surface area contributed by atoms with Crippen molar-refractivity contribution in [3.63, 3.8) is 0 Å². The lowest BCUT2D eigenvalue weighted by molar-refractivity contribution is 0.515. The zero-order valence-electron chi connectivity index (χ0n) is 17.2. The Balaban J connectivity index is 1.71. The number of hydrogen-bond donors (Lipinski definition) is 2.